The summed E-state index contributed by atoms with van der Waals surface area (Å²) < 4.78 is 1.14. The maximum Gasteiger partial charge on any atom is 0.0702 e. The summed E-state index contributed by atoms with van der Waals surface area (Å²) in [6, 6.07) is 19.3. The third-order valence-corrected chi connectivity index (χ3v) is 4.23. The predicted octanol–water partition coefficient (Wildman–Crippen LogP) is 4.72. The van der Waals surface area contributed by atoms with Gasteiger partial charge in [0.25, 0.3) is 0 Å². The van der Waals surface area contributed by atoms with Crippen LogP contribution in [-0.4, -0.2) is 11.0 Å². The van der Waals surface area contributed by atoms with E-state index in [0.717, 1.165) is 23.0 Å². The van der Waals surface area contributed by atoms with Gasteiger partial charge >= 0.3 is 0 Å². The summed E-state index contributed by atoms with van der Waals surface area (Å²) in [7, 11) is 0. The van der Waals surface area contributed by atoms with Crippen LogP contribution in [0.1, 0.15) is 18.1 Å². The molecule has 0 saturated carbocycles. The molecule has 0 fully saturated rings. The molecule has 0 amide bonds. The van der Waals surface area contributed by atoms with E-state index in [1.54, 1.807) is 0 Å². The first-order chi connectivity index (χ1) is 10.7. The van der Waals surface area contributed by atoms with Crippen molar-refractivity contribution in [2.24, 2.45) is 0 Å². The third-order valence-electron chi connectivity index (χ3n) is 3.73. The van der Waals surface area contributed by atoms with E-state index in [-0.39, 0.29) is 0 Å². The third kappa shape index (κ3) is 3.93. The molecule has 22 heavy (non-hydrogen) atoms. The summed E-state index contributed by atoms with van der Waals surface area (Å²) in [4.78, 5) is 4.51. The number of fused-ring (bicyclic) bond motifs is 1. The molecule has 3 heteroatoms. The first kappa shape index (κ1) is 15.2. The van der Waals surface area contributed by atoms with Crippen LogP contribution in [0.5, 0.6) is 0 Å². The summed E-state index contributed by atoms with van der Waals surface area (Å²) in [5.41, 5.74) is 3.61. The van der Waals surface area contributed by atoms with Crippen molar-refractivity contribution in [1.29, 1.82) is 0 Å². The van der Waals surface area contributed by atoms with Crippen LogP contribution in [0.2, 0.25) is 0 Å². The molecule has 0 radical (unpaired) electrons. The Morgan fingerprint density at radius 2 is 1.91 bits per heavy atom. The van der Waals surface area contributed by atoms with Crippen molar-refractivity contribution in [3.05, 3.63) is 76.4 Å². The van der Waals surface area contributed by atoms with Gasteiger partial charge in [0.1, 0.15) is 0 Å². The summed E-state index contributed by atoms with van der Waals surface area (Å²) in [6.45, 7) is 3.06. The molecule has 0 bridgehead atoms. The van der Waals surface area contributed by atoms with E-state index < -0.39 is 0 Å². The molecule has 112 valence electrons. The fraction of sp³-hybridized carbons (Fsp3) is 0.211. The van der Waals surface area contributed by atoms with Gasteiger partial charge in [0, 0.05) is 28.6 Å². The van der Waals surface area contributed by atoms with Crippen LogP contribution in [0.15, 0.2) is 65.3 Å². The van der Waals surface area contributed by atoms with Crippen molar-refractivity contribution < 1.29 is 0 Å². The van der Waals surface area contributed by atoms with Crippen LogP contribution in [-0.2, 0) is 13.0 Å². The van der Waals surface area contributed by atoms with Gasteiger partial charge in [-0.3, -0.25) is 4.98 Å². The van der Waals surface area contributed by atoms with E-state index in [0.29, 0.717) is 6.04 Å². The second kappa shape index (κ2) is 7.03. The van der Waals surface area contributed by atoms with Gasteiger partial charge in [0.2, 0.25) is 0 Å². The molecule has 0 aliphatic rings. The van der Waals surface area contributed by atoms with E-state index >= 15 is 0 Å². The minimum Gasteiger partial charge on any atom is -0.310 e. The smallest absolute Gasteiger partial charge is 0.0702 e. The number of benzene rings is 2. The molecule has 0 spiro atoms. The van der Waals surface area contributed by atoms with Crippen LogP contribution in [0.4, 0.5) is 0 Å². The topological polar surface area (TPSA) is 24.9 Å². The number of pyridine rings is 1. The molecule has 2 nitrogen and oxygen atoms in total. The zero-order valence-electron chi connectivity index (χ0n) is 12.6. The predicted molar refractivity (Wildman–Crippen MR) is 95.9 cm³/mol. The average Bonchev–Trinajstić information content (AvgIpc) is 2.53. The fourth-order valence-electron chi connectivity index (χ4n) is 2.60. The molecule has 0 aliphatic carbocycles. The Hall–Kier alpha value is -1.71. The molecule has 2 aromatic carbocycles. The van der Waals surface area contributed by atoms with Crippen LogP contribution in [0.25, 0.3) is 10.9 Å². The molecule has 1 atom stereocenters. The lowest BCUT2D eigenvalue weighted by molar-refractivity contribution is 0.545. The van der Waals surface area contributed by atoms with E-state index in [1.807, 2.05) is 18.3 Å². The zero-order valence-corrected chi connectivity index (χ0v) is 14.2. The van der Waals surface area contributed by atoms with Crippen LogP contribution in [0, 0.1) is 0 Å². The molecule has 1 aromatic heterocycles. The highest BCUT2D eigenvalue weighted by atomic mass is 79.9. The number of rotatable bonds is 5. The number of nitrogens with zero attached hydrogens (tertiary/aromatic N) is 1. The molecule has 1 N–H and O–H groups in total. The molecular weight excluding hydrogens is 336 g/mol. The van der Waals surface area contributed by atoms with Crippen molar-refractivity contribution in [2.45, 2.75) is 25.9 Å². The first-order valence-electron chi connectivity index (χ1n) is 7.52. The Morgan fingerprint density at radius 1 is 1.05 bits per heavy atom. The van der Waals surface area contributed by atoms with Gasteiger partial charge in [-0.25, -0.2) is 0 Å². The molecule has 1 heterocycles. The number of nitrogens with one attached hydrogen (secondary N) is 1. The van der Waals surface area contributed by atoms with Crippen molar-refractivity contribution >= 4 is 26.8 Å². The number of halogens is 1. The van der Waals surface area contributed by atoms with Gasteiger partial charge in [-0.15, -0.1) is 0 Å². The highest BCUT2D eigenvalue weighted by molar-refractivity contribution is 9.10. The monoisotopic (exact) mass is 354 g/mol. The number of hydrogen-bond donors (Lipinski definition) is 1. The standard InChI is InChI=1S/C19H19BrN2/c1-14(9-15-5-4-7-18(20)11-15)21-12-16-10-17-6-2-3-8-19(17)22-13-16/h2-8,10-11,13-14,21H,9,12H2,1H3. The fourth-order valence-corrected chi connectivity index (χ4v) is 3.04. The number of aromatic nitrogens is 1. The van der Waals surface area contributed by atoms with E-state index in [9.17, 15) is 0 Å². The lowest BCUT2D eigenvalue weighted by Gasteiger charge is -2.14. The lowest BCUT2D eigenvalue weighted by atomic mass is 10.1. The second-order valence-electron chi connectivity index (χ2n) is 5.65. The zero-order chi connectivity index (χ0) is 15.4. The quantitative estimate of drug-likeness (QED) is 0.717. The largest absolute Gasteiger partial charge is 0.310 e. The Balaban J connectivity index is 1.61. The average molecular weight is 355 g/mol. The number of hydrogen-bond acceptors (Lipinski definition) is 2. The van der Waals surface area contributed by atoms with E-state index in [1.165, 1.54) is 16.5 Å². The van der Waals surface area contributed by atoms with Crippen LogP contribution < -0.4 is 5.32 Å². The van der Waals surface area contributed by atoms with Gasteiger partial charge in [0.05, 0.1) is 5.52 Å². The normalized spacial score (nSPS) is 12.5. The van der Waals surface area contributed by atoms with Gasteiger partial charge < -0.3 is 5.32 Å². The van der Waals surface area contributed by atoms with E-state index in [4.69, 9.17) is 0 Å². The summed E-state index contributed by atoms with van der Waals surface area (Å²) in [5.74, 6) is 0. The molecule has 0 saturated heterocycles. The SMILES string of the molecule is CC(Cc1cccc(Br)c1)NCc1cnc2ccccc2c1. The van der Waals surface area contributed by atoms with E-state index in [2.05, 4.69) is 75.6 Å². The van der Waals surface area contributed by atoms with Crippen molar-refractivity contribution in [2.75, 3.05) is 0 Å². The summed E-state index contributed by atoms with van der Waals surface area (Å²) in [6.07, 6.45) is 2.97. The lowest BCUT2D eigenvalue weighted by Crippen LogP contribution is -2.27. The van der Waals surface area contributed by atoms with Crippen molar-refractivity contribution in [1.82, 2.24) is 10.3 Å². The van der Waals surface area contributed by atoms with Crippen LogP contribution in [0.3, 0.4) is 0 Å². The second-order valence-corrected chi connectivity index (χ2v) is 6.57. The molecule has 0 aliphatic heterocycles. The van der Waals surface area contributed by atoms with Gasteiger partial charge in [-0.2, -0.15) is 0 Å². The summed E-state index contributed by atoms with van der Waals surface area (Å²) >= 11 is 3.52. The maximum atomic E-state index is 4.51. The minimum absolute atomic E-state index is 0.417. The highest BCUT2D eigenvalue weighted by Gasteiger charge is 2.04. The first-order valence-corrected chi connectivity index (χ1v) is 8.31. The Labute approximate surface area is 139 Å². The molecule has 1 unspecified atom stereocenters. The van der Waals surface area contributed by atoms with Gasteiger partial charge in [-0.05, 0) is 48.7 Å². The van der Waals surface area contributed by atoms with Gasteiger partial charge in [0.15, 0.2) is 0 Å². The van der Waals surface area contributed by atoms with Gasteiger partial charge in [-0.1, -0.05) is 46.3 Å². The Kier molecular flexibility index (Phi) is 4.86. The highest BCUT2D eigenvalue weighted by Crippen LogP contribution is 2.14. The van der Waals surface area contributed by atoms with Crippen molar-refractivity contribution in [3.63, 3.8) is 0 Å². The molecular formula is C19H19BrN2. The number of para-hydroxylation sites is 1. The van der Waals surface area contributed by atoms with Crippen molar-refractivity contribution in [3.8, 4) is 0 Å². The molecule has 3 aromatic rings. The maximum absolute atomic E-state index is 4.51. The van der Waals surface area contributed by atoms with Crippen LogP contribution >= 0.6 is 15.9 Å². The molecule has 3 rings (SSSR count). The summed E-state index contributed by atoms with van der Waals surface area (Å²) in [5, 5.41) is 4.77. The Morgan fingerprint density at radius 3 is 2.77 bits per heavy atom. The Bertz CT molecular complexity index is 770. The minimum atomic E-state index is 0.417.